The Morgan fingerprint density at radius 1 is 1.00 bits per heavy atom. The molecule has 0 saturated heterocycles. The van der Waals surface area contributed by atoms with Crippen LogP contribution in [0.4, 0.5) is 0 Å². The van der Waals surface area contributed by atoms with Gasteiger partial charge in [0.05, 0.1) is 8.41 Å². The van der Waals surface area contributed by atoms with Crippen LogP contribution in [0.5, 0.6) is 0 Å². The van der Waals surface area contributed by atoms with Crippen molar-refractivity contribution in [1.82, 2.24) is 0 Å². The maximum Gasteiger partial charge on any atom is 0.0814 e. The van der Waals surface area contributed by atoms with E-state index in [1.165, 1.54) is 0 Å². The summed E-state index contributed by atoms with van der Waals surface area (Å²) in [6, 6.07) is 0. The molecule has 0 rings (SSSR count). The van der Waals surface area contributed by atoms with Gasteiger partial charge in [-0.2, -0.15) is 0 Å². The van der Waals surface area contributed by atoms with Crippen molar-refractivity contribution in [3.8, 4) is 0 Å². The van der Waals surface area contributed by atoms with Gasteiger partial charge in [-0.1, -0.05) is 0 Å². The summed E-state index contributed by atoms with van der Waals surface area (Å²) >= 11 is 0. The molecular weight excluding hydrogens is 333 g/mol. The summed E-state index contributed by atoms with van der Waals surface area (Å²) in [7, 11) is 0. The molecule has 5 heavy (non-hydrogen) atoms. The molecule has 0 N–H and O–H groups in total. The third-order valence-corrected chi connectivity index (χ3v) is 0. The molecule has 0 aliphatic rings. The second-order valence-corrected chi connectivity index (χ2v) is 0. The first-order chi connectivity index (χ1) is 0. The predicted octanol–water partition coefficient (Wildman–Crippen LogP) is -2.64. The minimum absolute atomic E-state index is 0. The summed E-state index contributed by atoms with van der Waals surface area (Å²) < 4.78 is 0. The predicted molar refractivity (Wildman–Crippen MR) is 21.3 cm³/mol. The van der Waals surface area contributed by atoms with Gasteiger partial charge in [-0.05, 0) is 11.0 Å². The molecular formula is H7BCrNiSiW. The van der Waals surface area contributed by atoms with Gasteiger partial charge in [-0.15, -0.1) is 0 Å². The SMILES string of the molecule is B.[Cr].[Ni].[SiH4].[W]. The van der Waals surface area contributed by atoms with E-state index in [-0.39, 0.29) is 74.3 Å². The van der Waals surface area contributed by atoms with Gasteiger partial charge in [0.25, 0.3) is 0 Å². The Hall–Kier alpha value is 2.00. The molecule has 0 aromatic carbocycles. The molecule has 0 aromatic rings. The maximum absolute atomic E-state index is 0. The average molecular weight is 340 g/mol. The Morgan fingerprint density at radius 3 is 1.00 bits per heavy atom. The second-order valence-electron chi connectivity index (χ2n) is 0. The Bertz CT molecular complexity index is 11.6. The van der Waals surface area contributed by atoms with Crippen molar-refractivity contribution in [3.63, 3.8) is 0 Å². The molecule has 0 aliphatic carbocycles. The molecule has 36 valence electrons. The normalized spacial score (nSPS) is 0. The van der Waals surface area contributed by atoms with Crippen LogP contribution in [0.15, 0.2) is 0 Å². The maximum atomic E-state index is 0. The van der Waals surface area contributed by atoms with E-state index < -0.39 is 0 Å². The van der Waals surface area contributed by atoms with Gasteiger partial charge in [0.15, 0.2) is 0 Å². The number of rotatable bonds is 0. The quantitative estimate of drug-likeness (QED) is 0.423. The van der Waals surface area contributed by atoms with Gasteiger partial charge in [0.2, 0.25) is 0 Å². The van der Waals surface area contributed by atoms with Crippen molar-refractivity contribution >= 4 is 19.4 Å². The zero-order valence-corrected chi connectivity index (χ0v) is 6.33. The van der Waals surface area contributed by atoms with E-state index >= 15 is 0 Å². The van der Waals surface area contributed by atoms with Crippen molar-refractivity contribution in [2.75, 3.05) is 0 Å². The van der Waals surface area contributed by atoms with E-state index in [0.29, 0.717) is 0 Å². The van der Waals surface area contributed by atoms with E-state index in [2.05, 4.69) is 0 Å². The van der Waals surface area contributed by atoms with Crippen LogP contribution in [0, 0.1) is 0 Å². The van der Waals surface area contributed by atoms with Crippen molar-refractivity contribution in [2.45, 2.75) is 0 Å². The van der Waals surface area contributed by atoms with Crippen LogP contribution in [0.3, 0.4) is 0 Å². The summed E-state index contributed by atoms with van der Waals surface area (Å²) in [5.74, 6) is 0. The molecule has 0 radical (unpaired) electrons. The molecule has 0 saturated carbocycles. The number of hydrogen-bond donors (Lipinski definition) is 0. The van der Waals surface area contributed by atoms with Crippen LogP contribution in [0.25, 0.3) is 0 Å². The van der Waals surface area contributed by atoms with Gasteiger partial charge < -0.3 is 0 Å². The van der Waals surface area contributed by atoms with Crippen molar-refractivity contribution in [1.29, 1.82) is 0 Å². The van der Waals surface area contributed by atoms with Gasteiger partial charge >= 0.3 is 0 Å². The van der Waals surface area contributed by atoms with E-state index in [4.69, 9.17) is 0 Å². The Kier molecular flexibility index (Phi) is 474. The average Bonchev–Trinajstić information content (AvgIpc) is 0. The van der Waals surface area contributed by atoms with Crippen LogP contribution >= 0.6 is 0 Å². The summed E-state index contributed by atoms with van der Waals surface area (Å²) in [6.45, 7) is 0. The molecule has 0 heterocycles. The molecule has 0 bridgehead atoms. The Labute approximate surface area is 73.8 Å². The van der Waals surface area contributed by atoms with Gasteiger partial charge in [-0.25, -0.2) is 0 Å². The van der Waals surface area contributed by atoms with E-state index in [1.807, 2.05) is 0 Å². The van der Waals surface area contributed by atoms with E-state index in [1.54, 1.807) is 0 Å². The summed E-state index contributed by atoms with van der Waals surface area (Å²) in [5.41, 5.74) is 0. The number of hydrogen-bond acceptors (Lipinski definition) is 0. The van der Waals surface area contributed by atoms with Gasteiger partial charge in [0, 0.05) is 54.9 Å². The fourth-order valence-electron chi connectivity index (χ4n) is 0. The van der Waals surface area contributed by atoms with E-state index in [9.17, 15) is 0 Å². The molecule has 0 atom stereocenters. The van der Waals surface area contributed by atoms with Gasteiger partial charge in [0.1, 0.15) is 0 Å². The first-order valence-electron chi connectivity index (χ1n) is 0. The summed E-state index contributed by atoms with van der Waals surface area (Å²) in [5, 5.41) is 0. The molecule has 0 spiro atoms. The largest absolute Gasteiger partial charge is 0.0814 e. The smallest absolute Gasteiger partial charge is 0.0149 e. The zero-order valence-electron chi connectivity index (χ0n) is 1.13. The van der Waals surface area contributed by atoms with Crippen LogP contribution in [0.2, 0.25) is 0 Å². The molecule has 0 fully saturated rings. The first-order valence-corrected chi connectivity index (χ1v) is 0. The van der Waals surface area contributed by atoms with Crippen molar-refractivity contribution in [2.24, 2.45) is 0 Å². The zero-order chi connectivity index (χ0) is 0. The van der Waals surface area contributed by atoms with Crippen molar-refractivity contribution < 1.29 is 54.9 Å². The van der Waals surface area contributed by atoms with Gasteiger partial charge in [-0.3, -0.25) is 0 Å². The van der Waals surface area contributed by atoms with Crippen molar-refractivity contribution in [3.05, 3.63) is 0 Å². The van der Waals surface area contributed by atoms with Crippen LogP contribution in [-0.4, -0.2) is 19.4 Å². The Morgan fingerprint density at radius 2 is 1.00 bits per heavy atom. The van der Waals surface area contributed by atoms with Crippen LogP contribution in [-0.2, 0) is 54.9 Å². The standard InChI is InChI=1S/BH3.Cr.Ni.H4Si.W/h1H3;;;1H4;. The minimum Gasteiger partial charge on any atom is -0.0149 e. The molecule has 0 aliphatic heterocycles. The molecule has 0 aromatic heterocycles. The monoisotopic (exact) mass is 340 g/mol. The third-order valence-electron chi connectivity index (χ3n) is 0. The third kappa shape index (κ3) is 24.0. The topological polar surface area (TPSA) is 0 Å². The molecule has 0 amide bonds. The fraction of sp³-hybridized carbons (Fsp3) is 0. The van der Waals surface area contributed by atoms with Crippen LogP contribution < -0.4 is 0 Å². The molecule has 5 heteroatoms. The Balaban J connectivity index is 0. The fourth-order valence-corrected chi connectivity index (χ4v) is 0. The molecule has 0 unspecified atom stereocenters. The summed E-state index contributed by atoms with van der Waals surface area (Å²) in [6.07, 6.45) is 0. The second kappa shape index (κ2) is 37.6. The molecule has 0 nitrogen and oxygen atoms in total. The summed E-state index contributed by atoms with van der Waals surface area (Å²) in [4.78, 5) is 0. The van der Waals surface area contributed by atoms with E-state index in [0.717, 1.165) is 0 Å². The first kappa shape index (κ1) is 63.1. The minimum atomic E-state index is 0. The van der Waals surface area contributed by atoms with Crippen LogP contribution in [0.1, 0.15) is 0 Å².